The zero-order valence-electron chi connectivity index (χ0n) is 48.5. The number of benzene rings is 5. The first-order valence-corrected chi connectivity index (χ1v) is 35.0. The lowest BCUT2D eigenvalue weighted by Gasteiger charge is -2.33. The van der Waals surface area contributed by atoms with Crippen LogP contribution in [-0.4, -0.2) is 146 Å². The minimum atomic E-state index is -4.77. The minimum Gasteiger partial charge on any atom is -0.465 e. The lowest BCUT2D eigenvalue weighted by Crippen LogP contribution is -2.35. The molecule has 1 aliphatic rings. The number of esters is 1. The monoisotopic (exact) mass is 1280 g/mol. The maximum absolute atomic E-state index is 13.5. The summed E-state index contributed by atoms with van der Waals surface area (Å²) in [5.41, 5.74) is 0.831. The molecule has 0 bridgehead atoms. The van der Waals surface area contributed by atoms with Crippen LogP contribution in [0.25, 0.3) is 0 Å². The van der Waals surface area contributed by atoms with Gasteiger partial charge in [0.25, 0.3) is 46.4 Å². The number of nitrogens with one attached hydrogen (secondary N) is 2. The Bertz CT molecular complexity index is 3770. The summed E-state index contributed by atoms with van der Waals surface area (Å²) >= 11 is 0. The van der Waals surface area contributed by atoms with Crippen molar-refractivity contribution < 1.29 is 80.3 Å². The number of fused-ring (bicyclic) bond motifs is 1. The summed E-state index contributed by atoms with van der Waals surface area (Å²) in [4.78, 5) is 40.6. The highest BCUT2D eigenvalue weighted by molar-refractivity contribution is 7.86. The molecule has 464 valence electrons. The van der Waals surface area contributed by atoms with E-state index in [1.807, 2.05) is 70.1 Å². The highest BCUT2D eigenvalue weighted by Crippen LogP contribution is 2.45. The molecule has 1 heterocycles. The Morgan fingerprint density at radius 2 is 1.31 bits per heavy atom. The molecule has 1 aliphatic heterocycles. The molecule has 2 atom stereocenters. The van der Waals surface area contributed by atoms with Gasteiger partial charge in [0, 0.05) is 79.9 Å². The van der Waals surface area contributed by atoms with Crippen molar-refractivity contribution in [1.29, 1.82) is 0 Å². The molecule has 0 radical (unpaired) electrons. The van der Waals surface area contributed by atoms with E-state index in [4.69, 9.17) is 9.47 Å². The third kappa shape index (κ3) is 18.8. The molecule has 21 nitrogen and oxygen atoms in total. The molecule has 0 saturated heterocycles. The highest BCUT2D eigenvalue weighted by atomic mass is 32.2. The number of anilines is 1. The number of nitrogens with zero attached hydrogens (tertiary/aromatic N) is 2. The third-order valence-corrected chi connectivity index (χ3v) is 20.7. The Labute approximate surface area is 505 Å². The molecule has 2 amide bonds. The van der Waals surface area contributed by atoms with Crippen LogP contribution in [0.15, 0.2) is 149 Å². The van der Waals surface area contributed by atoms with Crippen LogP contribution >= 0.6 is 7.92 Å². The second-order valence-electron chi connectivity index (χ2n) is 21.2. The van der Waals surface area contributed by atoms with E-state index in [1.54, 1.807) is 63.4 Å². The Hall–Kier alpha value is -6.51. The fourth-order valence-corrected chi connectivity index (χ4v) is 15.0. The van der Waals surface area contributed by atoms with Gasteiger partial charge in [-0.2, -0.15) is 38.2 Å². The summed E-state index contributed by atoms with van der Waals surface area (Å²) < 4.78 is 150. The van der Waals surface area contributed by atoms with Crippen molar-refractivity contribution >= 4 is 99.2 Å². The van der Waals surface area contributed by atoms with Gasteiger partial charge in [0.1, 0.15) is 6.61 Å². The predicted molar refractivity (Wildman–Crippen MR) is 332 cm³/mol. The van der Waals surface area contributed by atoms with Crippen molar-refractivity contribution in [3.05, 3.63) is 162 Å². The van der Waals surface area contributed by atoms with Crippen LogP contribution in [0.3, 0.4) is 0 Å². The number of allylic oxidation sites excluding steroid dienone is 4. The van der Waals surface area contributed by atoms with E-state index in [0.717, 1.165) is 10.6 Å². The first-order valence-electron chi connectivity index (χ1n) is 27.5. The normalized spacial score (nSPS) is 15.5. The zero-order valence-corrected chi connectivity index (χ0v) is 52.6. The second-order valence-corrected chi connectivity index (χ2v) is 29.3. The lowest BCUT2D eigenvalue weighted by atomic mass is 9.75. The smallest absolute Gasteiger partial charge is 0.338 e. The van der Waals surface area contributed by atoms with E-state index < -0.39 is 92.4 Å². The van der Waals surface area contributed by atoms with E-state index in [2.05, 4.69) is 10.6 Å². The van der Waals surface area contributed by atoms with Crippen LogP contribution in [-0.2, 0) is 65.6 Å². The molecule has 0 aromatic heterocycles. The molecule has 86 heavy (non-hydrogen) atoms. The molecule has 5 aromatic carbocycles. The molecule has 2 unspecified atom stereocenters. The standard InChI is InChI=1S/C60H73N4O17PS4/c1-59(32-17-39-83(68,69)70,31-15-14-23-55-60(2,33-18-40-84(71,72)73)51-43-48(86(77,78)79)27-30-53(51)64(55)37-38-80-4)50-42-47(85(74,75)76)26-29-52(50)63(3)36-16-8-13-24-56(65)61-34-35-62-57(66)44-25-28-49(58(67)81-5)54(41-44)82(45-19-9-6-10-20-45)46-21-11-7-12-22-46/h6-7,9-12,14-15,19-23,25-31,41-43H,8,13,16-18,24,32-40H2,1-5H3,(H5-,61,62,65,66,68,69,70,71,72,73,74,75,76,77,78,79)/p+1/b23-14+,31-15-. The highest BCUT2D eigenvalue weighted by Gasteiger charge is 2.48. The molecule has 6 rings (SSSR count). The number of methoxy groups -OCH3 is 2. The summed E-state index contributed by atoms with van der Waals surface area (Å²) in [6.07, 6.45) is 8.55. The van der Waals surface area contributed by atoms with Gasteiger partial charge in [-0.15, -0.1) is 0 Å². The number of carbonyl (C=O) groups excluding carboxylic acids is 3. The Morgan fingerprint density at radius 1 is 0.709 bits per heavy atom. The van der Waals surface area contributed by atoms with E-state index in [0.29, 0.717) is 70.5 Å². The summed E-state index contributed by atoms with van der Waals surface area (Å²) in [6.45, 7) is 4.64. The molecule has 5 aromatic rings. The molecule has 0 spiro atoms. The number of hydrogen-bond donors (Lipinski definition) is 6. The van der Waals surface area contributed by atoms with Gasteiger partial charge < -0.3 is 25.0 Å². The van der Waals surface area contributed by atoms with Gasteiger partial charge in [-0.05, 0) is 118 Å². The number of carbonyl (C=O) groups is 3. The van der Waals surface area contributed by atoms with Crippen molar-refractivity contribution in [2.45, 2.75) is 85.8 Å². The van der Waals surface area contributed by atoms with Gasteiger partial charge >= 0.3 is 5.97 Å². The summed E-state index contributed by atoms with van der Waals surface area (Å²) in [7, 11) is -15.0. The molecule has 6 N–H and O–H groups in total. The number of rotatable bonds is 32. The van der Waals surface area contributed by atoms with Gasteiger partial charge in [0.05, 0.1) is 39.4 Å². The minimum absolute atomic E-state index is 0.0368. The quantitative estimate of drug-likeness (QED) is 0.00653. The zero-order chi connectivity index (χ0) is 63.1. The van der Waals surface area contributed by atoms with E-state index in [-0.39, 0.29) is 64.3 Å². The van der Waals surface area contributed by atoms with Crippen molar-refractivity contribution in [2.24, 2.45) is 0 Å². The first kappa shape index (κ1) is 68.6. The van der Waals surface area contributed by atoms with Gasteiger partial charge in [-0.25, -0.2) is 4.79 Å². The predicted octanol–water partition coefficient (Wildman–Crippen LogP) is 6.68. The number of amides is 2. The van der Waals surface area contributed by atoms with Gasteiger partial charge in [-0.3, -0.25) is 27.8 Å². The SMILES string of the molecule is COCC[N+]1=C(/C=C/C=C\C(C)(CCCS(=O)(=O)O)c2cc(S(=O)(=O)O)ccc2N(C)CCCCCC(=O)NCCNC(=O)c2ccc(C(=O)OC)c(P(c3ccccc3)c3ccccc3)c2)C(C)(CCCS(=O)(=O)O)c2cc(S(=O)(=O)O)ccc21. The second kappa shape index (κ2) is 29.9. The summed E-state index contributed by atoms with van der Waals surface area (Å²) in [5, 5.41) is 8.30. The summed E-state index contributed by atoms with van der Waals surface area (Å²) in [5.74, 6) is -2.38. The molecule has 0 saturated carbocycles. The van der Waals surface area contributed by atoms with E-state index >= 15 is 0 Å². The Kier molecular flexibility index (Phi) is 23.9. The third-order valence-electron chi connectivity index (χ3n) is 14.9. The maximum Gasteiger partial charge on any atom is 0.338 e. The topological polar surface area (TPSA) is 317 Å². The molecular weight excluding hydrogens is 1210 g/mol. The molecule has 0 fully saturated rings. The lowest BCUT2D eigenvalue weighted by molar-refractivity contribution is -0.441. The van der Waals surface area contributed by atoms with Crippen molar-refractivity contribution in [1.82, 2.24) is 10.6 Å². The van der Waals surface area contributed by atoms with Crippen LogP contribution in [0.1, 0.15) is 97.1 Å². The van der Waals surface area contributed by atoms with Crippen LogP contribution in [0.2, 0.25) is 0 Å². The average molecular weight is 1280 g/mol. The summed E-state index contributed by atoms with van der Waals surface area (Å²) in [6, 6.07) is 32.4. The molecule has 26 heteroatoms. The average Bonchev–Trinajstić information content (AvgIpc) is 1.61. The fraction of sp³-hybridized carbons (Fsp3) is 0.367. The van der Waals surface area contributed by atoms with Gasteiger partial charge in [0.2, 0.25) is 11.6 Å². The van der Waals surface area contributed by atoms with Crippen LogP contribution < -0.4 is 31.4 Å². The fourth-order valence-electron chi connectivity index (χ4n) is 10.5. The van der Waals surface area contributed by atoms with Crippen molar-refractivity contribution in [3.8, 4) is 0 Å². The Morgan fingerprint density at radius 3 is 1.92 bits per heavy atom. The Balaban J connectivity index is 1.15. The number of unbranched alkanes of at least 4 members (excludes halogenated alkanes) is 2. The van der Waals surface area contributed by atoms with E-state index in [9.17, 15) is 66.3 Å². The van der Waals surface area contributed by atoms with Crippen LogP contribution in [0.4, 0.5) is 11.4 Å². The molecule has 0 aliphatic carbocycles. The van der Waals surface area contributed by atoms with Crippen molar-refractivity contribution in [2.75, 3.05) is 70.5 Å². The maximum atomic E-state index is 13.5. The van der Waals surface area contributed by atoms with Crippen LogP contribution in [0.5, 0.6) is 0 Å². The van der Waals surface area contributed by atoms with Gasteiger partial charge in [-0.1, -0.05) is 92.2 Å². The largest absolute Gasteiger partial charge is 0.465 e. The molecular formula is C60H74N4O17PS4+. The number of ether oxygens (including phenoxy) is 2. The van der Waals surface area contributed by atoms with Gasteiger partial charge in [0.15, 0.2) is 12.3 Å². The first-order chi connectivity index (χ1) is 40.5. The number of hydrogen-bond acceptors (Lipinski definition) is 14. The van der Waals surface area contributed by atoms with Crippen molar-refractivity contribution in [3.63, 3.8) is 0 Å². The van der Waals surface area contributed by atoms with E-state index in [1.165, 1.54) is 50.6 Å². The van der Waals surface area contributed by atoms with Crippen LogP contribution in [0, 0.1) is 0 Å².